The SMILES string of the molecule is CCOc1ccc(/C=C2/SC(=O)N(CCNCC(C)C)C2=O)cc1. The summed E-state index contributed by atoms with van der Waals surface area (Å²) in [4.78, 5) is 26.2. The maximum atomic E-state index is 12.4. The summed E-state index contributed by atoms with van der Waals surface area (Å²) >= 11 is 0.995. The van der Waals surface area contributed by atoms with Crippen molar-refractivity contribution in [1.29, 1.82) is 0 Å². The molecule has 1 aliphatic rings. The monoisotopic (exact) mass is 348 g/mol. The number of amides is 2. The Kier molecular flexibility index (Phi) is 6.87. The van der Waals surface area contributed by atoms with Crippen LogP contribution >= 0.6 is 11.8 Å². The number of carbonyl (C=O) groups is 2. The van der Waals surface area contributed by atoms with Gasteiger partial charge in [-0.05, 0) is 54.9 Å². The second kappa shape index (κ2) is 8.89. The molecular weight excluding hydrogens is 324 g/mol. The van der Waals surface area contributed by atoms with E-state index in [0.717, 1.165) is 29.6 Å². The molecule has 0 aromatic heterocycles. The Hall–Kier alpha value is -1.79. The Labute approximate surface area is 147 Å². The van der Waals surface area contributed by atoms with Gasteiger partial charge in [-0.2, -0.15) is 0 Å². The average molecular weight is 348 g/mol. The molecule has 1 aliphatic heterocycles. The van der Waals surface area contributed by atoms with E-state index in [4.69, 9.17) is 4.74 Å². The van der Waals surface area contributed by atoms with Crippen LogP contribution in [0.1, 0.15) is 26.3 Å². The first kappa shape index (κ1) is 18.5. The summed E-state index contributed by atoms with van der Waals surface area (Å²) in [5.41, 5.74) is 0.877. The molecule has 0 spiro atoms. The zero-order chi connectivity index (χ0) is 17.5. The largest absolute Gasteiger partial charge is 0.494 e. The Morgan fingerprint density at radius 2 is 1.96 bits per heavy atom. The molecule has 2 amide bonds. The van der Waals surface area contributed by atoms with Crippen molar-refractivity contribution in [3.8, 4) is 5.75 Å². The molecule has 2 rings (SSSR count). The van der Waals surface area contributed by atoms with Crippen molar-refractivity contribution in [3.63, 3.8) is 0 Å². The third-order valence-electron chi connectivity index (χ3n) is 3.43. The van der Waals surface area contributed by atoms with Crippen LogP contribution in [-0.2, 0) is 4.79 Å². The van der Waals surface area contributed by atoms with Crippen LogP contribution in [0.5, 0.6) is 5.75 Å². The summed E-state index contributed by atoms with van der Waals surface area (Å²) in [6.07, 6.45) is 1.75. The van der Waals surface area contributed by atoms with E-state index in [-0.39, 0.29) is 11.1 Å². The number of nitrogens with zero attached hydrogens (tertiary/aromatic N) is 1. The van der Waals surface area contributed by atoms with E-state index in [0.29, 0.717) is 30.5 Å². The first-order valence-corrected chi connectivity index (χ1v) is 9.02. The maximum absolute atomic E-state index is 12.4. The lowest BCUT2D eigenvalue weighted by molar-refractivity contribution is -0.122. The van der Waals surface area contributed by atoms with Crippen LogP contribution in [-0.4, -0.2) is 42.3 Å². The maximum Gasteiger partial charge on any atom is 0.293 e. The fraction of sp³-hybridized carbons (Fsp3) is 0.444. The minimum Gasteiger partial charge on any atom is -0.494 e. The number of hydrogen-bond donors (Lipinski definition) is 1. The molecule has 6 heteroatoms. The highest BCUT2D eigenvalue weighted by Gasteiger charge is 2.34. The first-order chi connectivity index (χ1) is 11.5. The standard InChI is InChI=1S/C18H24N2O3S/c1-4-23-15-7-5-14(6-8-15)11-16-17(21)20(18(22)24-16)10-9-19-12-13(2)3/h5-8,11,13,19H,4,9-10,12H2,1-3H3/b16-11+. The van der Waals surface area contributed by atoms with Gasteiger partial charge in [-0.15, -0.1) is 0 Å². The highest BCUT2D eigenvalue weighted by molar-refractivity contribution is 8.18. The van der Waals surface area contributed by atoms with Gasteiger partial charge in [-0.1, -0.05) is 26.0 Å². The number of ether oxygens (including phenoxy) is 1. The van der Waals surface area contributed by atoms with Crippen LogP contribution in [0.4, 0.5) is 4.79 Å². The van der Waals surface area contributed by atoms with Crippen LogP contribution < -0.4 is 10.1 Å². The summed E-state index contributed by atoms with van der Waals surface area (Å²) in [7, 11) is 0. The van der Waals surface area contributed by atoms with E-state index in [2.05, 4.69) is 19.2 Å². The molecule has 1 saturated heterocycles. The first-order valence-electron chi connectivity index (χ1n) is 8.20. The van der Waals surface area contributed by atoms with Gasteiger partial charge in [-0.25, -0.2) is 0 Å². The van der Waals surface area contributed by atoms with Crippen molar-refractivity contribution in [2.24, 2.45) is 5.92 Å². The van der Waals surface area contributed by atoms with Crippen molar-refractivity contribution in [2.45, 2.75) is 20.8 Å². The summed E-state index contributed by atoms with van der Waals surface area (Å²) in [5, 5.41) is 3.04. The summed E-state index contributed by atoms with van der Waals surface area (Å²) in [5.74, 6) is 1.11. The Bertz CT molecular complexity index is 611. The fourth-order valence-corrected chi connectivity index (χ4v) is 3.12. The lowest BCUT2D eigenvalue weighted by Crippen LogP contribution is -2.36. The fourth-order valence-electron chi connectivity index (χ4n) is 2.25. The predicted octanol–water partition coefficient (Wildman–Crippen LogP) is 3.37. The Morgan fingerprint density at radius 1 is 1.25 bits per heavy atom. The summed E-state index contributed by atoms with van der Waals surface area (Å²) in [6, 6.07) is 7.47. The van der Waals surface area contributed by atoms with Gasteiger partial charge in [0.15, 0.2) is 0 Å². The molecule has 0 saturated carbocycles. The number of hydrogen-bond acceptors (Lipinski definition) is 5. The van der Waals surface area contributed by atoms with Crippen LogP contribution in [0.25, 0.3) is 6.08 Å². The molecule has 1 N–H and O–H groups in total. The number of nitrogens with one attached hydrogen (secondary N) is 1. The molecule has 0 radical (unpaired) electrons. The van der Waals surface area contributed by atoms with E-state index in [9.17, 15) is 9.59 Å². The number of imide groups is 1. The van der Waals surface area contributed by atoms with Gasteiger partial charge in [0, 0.05) is 13.1 Å². The number of rotatable bonds is 8. The second-order valence-electron chi connectivity index (χ2n) is 5.93. The van der Waals surface area contributed by atoms with Gasteiger partial charge >= 0.3 is 0 Å². The molecule has 24 heavy (non-hydrogen) atoms. The molecule has 5 nitrogen and oxygen atoms in total. The van der Waals surface area contributed by atoms with Crippen LogP contribution in [0, 0.1) is 5.92 Å². The third-order valence-corrected chi connectivity index (χ3v) is 4.33. The zero-order valence-corrected chi connectivity index (χ0v) is 15.2. The normalized spacial score (nSPS) is 16.5. The average Bonchev–Trinajstić information content (AvgIpc) is 2.80. The van der Waals surface area contributed by atoms with Crippen molar-refractivity contribution in [1.82, 2.24) is 10.2 Å². The van der Waals surface area contributed by atoms with Gasteiger partial charge < -0.3 is 10.1 Å². The second-order valence-corrected chi connectivity index (χ2v) is 6.93. The third kappa shape index (κ3) is 5.11. The highest BCUT2D eigenvalue weighted by atomic mass is 32.2. The Morgan fingerprint density at radius 3 is 2.58 bits per heavy atom. The van der Waals surface area contributed by atoms with Crippen LogP contribution in [0.2, 0.25) is 0 Å². The van der Waals surface area contributed by atoms with Gasteiger partial charge in [0.25, 0.3) is 11.1 Å². The van der Waals surface area contributed by atoms with E-state index in [1.165, 1.54) is 4.90 Å². The molecule has 130 valence electrons. The van der Waals surface area contributed by atoms with Gasteiger partial charge in [0.2, 0.25) is 0 Å². The molecule has 0 aliphatic carbocycles. The van der Waals surface area contributed by atoms with E-state index in [1.807, 2.05) is 31.2 Å². The number of thioether (sulfide) groups is 1. The topological polar surface area (TPSA) is 58.6 Å². The van der Waals surface area contributed by atoms with Crippen molar-refractivity contribution >= 4 is 29.0 Å². The number of carbonyl (C=O) groups excluding carboxylic acids is 2. The molecular formula is C18H24N2O3S. The van der Waals surface area contributed by atoms with E-state index >= 15 is 0 Å². The van der Waals surface area contributed by atoms with Crippen LogP contribution in [0.3, 0.4) is 0 Å². The molecule has 1 fully saturated rings. The van der Waals surface area contributed by atoms with E-state index < -0.39 is 0 Å². The minimum atomic E-state index is -0.217. The molecule has 0 unspecified atom stereocenters. The lowest BCUT2D eigenvalue weighted by Gasteiger charge is -2.13. The molecule has 0 bridgehead atoms. The van der Waals surface area contributed by atoms with Crippen molar-refractivity contribution in [3.05, 3.63) is 34.7 Å². The highest BCUT2D eigenvalue weighted by Crippen LogP contribution is 2.32. The summed E-state index contributed by atoms with van der Waals surface area (Å²) in [6.45, 7) is 8.67. The Balaban J connectivity index is 1.96. The van der Waals surface area contributed by atoms with Gasteiger partial charge in [-0.3, -0.25) is 14.5 Å². The lowest BCUT2D eigenvalue weighted by atomic mass is 10.2. The van der Waals surface area contributed by atoms with E-state index in [1.54, 1.807) is 6.08 Å². The van der Waals surface area contributed by atoms with Crippen molar-refractivity contribution in [2.75, 3.05) is 26.2 Å². The molecule has 1 heterocycles. The molecule has 1 aromatic carbocycles. The van der Waals surface area contributed by atoms with Gasteiger partial charge in [0.1, 0.15) is 5.75 Å². The molecule has 0 atom stereocenters. The summed E-state index contributed by atoms with van der Waals surface area (Å²) < 4.78 is 5.40. The van der Waals surface area contributed by atoms with Gasteiger partial charge in [0.05, 0.1) is 11.5 Å². The zero-order valence-electron chi connectivity index (χ0n) is 14.4. The quantitative estimate of drug-likeness (QED) is 0.576. The molecule has 1 aromatic rings. The predicted molar refractivity (Wildman–Crippen MR) is 98.0 cm³/mol. The van der Waals surface area contributed by atoms with Crippen molar-refractivity contribution < 1.29 is 14.3 Å². The number of benzene rings is 1. The van der Waals surface area contributed by atoms with Crippen LogP contribution in [0.15, 0.2) is 29.2 Å². The minimum absolute atomic E-state index is 0.205. The smallest absolute Gasteiger partial charge is 0.293 e.